The van der Waals surface area contributed by atoms with Crippen LogP contribution in [0.15, 0.2) is 181 Å². The van der Waals surface area contributed by atoms with E-state index in [1.54, 1.807) is 0 Å². The van der Waals surface area contributed by atoms with E-state index < -0.39 is 0 Å². The molecule has 0 N–H and O–H groups in total. The van der Waals surface area contributed by atoms with Crippen molar-refractivity contribution in [2.45, 2.75) is 19.3 Å². The third-order valence-corrected chi connectivity index (χ3v) is 9.23. The van der Waals surface area contributed by atoms with E-state index in [4.69, 9.17) is 0 Å². The lowest BCUT2D eigenvalue weighted by molar-refractivity contribution is 0.763. The zero-order valence-electron chi connectivity index (χ0n) is 25.8. The molecule has 1 unspecified atom stereocenters. The average molecular weight is 593 g/mol. The van der Waals surface area contributed by atoms with Crippen LogP contribution in [0, 0.1) is 5.92 Å². The van der Waals surface area contributed by atoms with Crippen LogP contribution in [-0.4, -0.2) is 0 Å². The lowest BCUT2D eigenvalue weighted by Gasteiger charge is -2.32. The molecule has 0 radical (unpaired) electrons. The van der Waals surface area contributed by atoms with Crippen LogP contribution in [0.1, 0.15) is 24.0 Å². The fourth-order valence-electron chi connectivity index (χ4n) is 6.97. The smallest absolute Gasteiger partial charge is 0.0499 e. The van der Waals surface area contributed by atoms with Gasteiger partial charge in [0.2, 0.25) is 0 Å². The van der Waals surface area contributed by atoms with Crippen LogP contribution in [0.2, 0.25) is 0 Å². The predicted octanol–water partition coefficient (Wildman–Crippen LogP) is 11.9. The van der Waals surface area contributed by atoms with E-state index in [-0.39, 0.29) is 0 Å². The predicted molar refractivity (Wildman–Crippen MR) is 195 cm³/mol. The zero-order chi connectivity index (χ0) is 30.7. The molecule has 0 saturated heterocycles. The summed E-state index contributed by atoms with van der Waals surface area (Å²) in [6, 6.07) is 46.1. The molecule has 46 heavy (non-hydrogen) atoms. The second kappa shape index (κ2) is 12.4. The molecule has 0 saturated carbocycles. The Labute approximate surface area is 272 Å². The first kappa shape index (κ1) is 27.9. The van der Waals surface area contributed by atoms with Crippen molar-refractivity contribution in [2.24, 2.45) is 5.92 Å². The van der Waals surface area contributed by atoms with Crippen LogP contribution < -0.4 is 9.80 Å². The van der Waals surface area contributed by atoms with Crippen LogP contribution in [0.5, 0.6) is 0 Å². The molecule has 1 atom stereocenters. The molecule has 3 aliphatic rings. The maximum absolute atomic E-state index is 2.40. The number of para-hydroxylation sites is 2. The van der Waals surface area contributed by atoms with E-state index >= 15 is 0 Å². The zero-order valence-corrected chi connectivity index (χ0v) is 25.8. The molecular formula is C44H36N2. The summed E-state index contributed by atoms with van der Waals surface area (Å²) in [7, 11) is 0. The quantitative estimate of drug-likeness (QED) is 0.185. The molecule has 0 fully saturated rings. The summed E-state index contributed by atoms with van der Waals surface area (Å²) in [4.78, 5) is 4.79. The van der Waals surface area contributed by atoms with Gasteiger partial charge in [-0.1, -0.05) is 115 Å². The Bertz CT molecular complexity index is 1990. The van der Waals surface area contributed by atoms with Gasteiger partial charge >= 0.3 is 0 Å². The SMILES string of the molecule is C1=CC2=C(N(c3ccccc3)c3ccc(-c4ccc(N(c5ccccc5)c5cccc6c5CCC=C6)cc4)cc3)C=CCC2C=C1. The maximum atomic E-state index is 2.40. The van der Waals surface area contributed by atoms with Gasteiger partial charge in [0.15, 0.2) is 0 Å². The van der Waals surface area contributed by atoms with Crippen molar-refractivity contribution in [1.29, 1.82) is 0 Å². The Morgan fingerprint density at radius 3 is 1.83 bits per heavy atom. The highest BCUT2D eigenvalue weighted by Crippen LogP contribution is 2.41. The highest BCUT2D eigenvalue weighted by Gasteiger charge is 2.24. The Morgan fingerprint density at radius 1 is 0.500 bits per heavy atom. The Balaban J connectivity index is 1.14. The number of hydrogen-bond acceptors (Lipinski definition) is 2. The van der Waals surface area contributed by atoms with Gasteiger partial charge in [-0.05, 0) is 108 Å². The molecule has 0 aliphatic heterocycles. The van der Waals surface area contributed by atoms with Gasteiger partial charge < -0.3 is 9.80 Å². The lowest BCUT2D eigenvalue weighted by Crippen LogP contribution is -2.21. The molecule has 2 heteroatoms. The minimum absolute atomic E-state index is 0.419. The highest BCUT2D eigenvalue weighted by molar-refractivity contribution is 5.83. The molecule has 2 nitrogen and oxygen atoms in total. The normalized spacial score (nSPS) is 16.2. The number of anilines is 5. The van der Waals surface area contributed by atoms with Gasteiger partial charge in [0, 0.05) is 40.1 Å². The molecule has 0 amide bonds. The molecule has 8 rings (SSSR count). The van der Waals surface area contributed by atoms with Crippen molar-refractivity contribution in [3.05, 3.63) is 192 Å². The van der Waals surface area contributed by atoms with Gasteiger partial charge in [-0.15, -0.1) is 0 Å². The van der Waals surface area contributed by atoms with Gasteiger partial charge in [-0.25, -0.2) is 0 Å². The number of nitrogens with zero attached hydrogens (tertiary/aromatic N) is 2. The fraction of sp³-hybridized carbons (Fsp3) is 0.0909. The summed E-state index contributed by atoms with van der Waals surface area (Å²) in [5, 5.41) is 0. The summed E-state index contributed by atoms with van der Waals surface area (Å²) >= 11 is 0. The summed E-state index contributed by atoms with van der Waals surface area (Å²) in [5.41, 5.74) is 13.6. The summed E-state index contributed by atoms with van der Waals surface area (Å²) < 4.78 is 0. The van der Waals surface area contributed by atoms with Crippen LogP contribution in [-0.2, 0) is 6.42 Å². The molecule has 5 aromatic carbocycles. The van der Waals surface area contributed by atoms with Crippen LogP contribution >= 0.6 is 0 Å². The minimum Gasteiger partial charge on any atom is -0.310 e. The van der Waals surface area contributed by atoms with Crippen molar-refractivity contribution >= 4 is 34.5 Å². The van der Waals surface area contributed by atoms with E-state index in [9.17, 15) is 0 Å². The van der Waals surface area contributed by atoms with Crippen LogP contribution in [0.3, 0.4) is 0 Å². The average Bonchev–Trinajstić information content (AvgIpc) is 3.14. The van der Waals surface area contributed by atoms with Crippen LogP contribution in [0.4, 0.5) is 28.4 Å². The van der Waals surface area contributed by atoms with Gasteiger partial charge in [0.25, 0.3) is 0 Å². The summed E-state index contributed by atoms with van der Waals surface area (Å²) in [6.07, 6.45) is 21.2. The Morgan fingerprint density at radius 2 is 1.13 bits per heavy atom. The third kappa shape index (κ3) is 5.33. The second-order valence-corrected chi connectivity index (χ2v) is 12.1. The first-order valence-corrected chi connectivity index (χ1v) is 16.3. The van der Waals surface area contributed by atoms with Gasteiger partial charge in [0.1, 0.15) is 0 Å². The number of allylic oxidation sites excluding steroid dienone is 8. The summed E-state index contributed by atoms with van der Waals surface area (Å²) in [5.74, 6) is 0.419. The van der Waals surface area contributed by atoms with E-state index in [2.05, 4.69) is 186 Å². The number of hydrogen-bond donors (Lipinski definition) is 0. The van der Waals surface area contributed by atoms with Gasteiger partial charge in [-0.3, -0.25) is 0 Å². The monoisotopic (exact) mass is 592 g/mol. The van der Waals surface area contributed by atoms with E-state index in [1.165, 1.54) is 44.9 Å². The second-order valence-electron chi connectivity index (χ2n) is 12.1. The van der Waals surface area contributed by atoms with E-state index in [0.29, 0.717) is 5.92 Å². The number of rotatable bonds is 7. The van der Waals surface area contributed by atoms with E-state index in [1.807, 2.05) is 0 Å². The number of fused-ring (bicyclic) bond motifs is 2. The van der Waals surface area contributed by atoms with Crippen molar-refractivity contribution < 1.29 is 0 Å². The first-order chi connectivity index (χ1) is 22.8. The molecule has 0 aromatic heterocycles. The molecule has 3 aliphatic carbocycles. The van der Waals surface area contributed by atoms with Crippen molar-refractivity contribution in [3.8, 4) is 11.1 Å². The van der Waals surface area contributed by atoms with Crippen molar-refractivity contribution in [1.82, 2.24) is 0 Å². The highest BCUT2D eigenvalue weighted by atomic mass is 15.2. The maximum Gasteiger partial charge on any atom is 0.0499 e. The van der Waals surface area contributed by atoms with Gasteiger partial charge in [0.05, 0.1) is 0 Å². The number of benzene rings is 5. The Hall–Kier alpha value is -5.60. The van der Waals surface area contributed by atoms with E-state index in [0.717, 1.165) is 36.3 Å². The Kier molecular flexibility index (Phi) is 7.54. The van der Waals surface area contributed by atoms with Crippen LogP contribution in [0.25, 0.3) is 17.2 Å². The molecule has 222 valence electrons. The fourth-order valence-corrected chi connectivity index (χ4v) is 6.97. The molecule has 0 heterocycles. The lowest BCUT2D eigenvalue weighted by atomic mass is 9.86. The molecule has 5 aromatic rings. The molecule has 0 bridgehead atoms. The minimum atomic E-state index is 0.419. The van der Waals surface area contributed by atoms with Crippen molar-refractivity contribution in [3.63, 3.8) is 0 Å². The largest absolute Gasteiger partial charge is 0.310 e. The first-order valence-electron chi connectivity index (χ1n) is 16.3. The standard InChI is InChI=1S/C44H36N2/c1-3-17-37(18-4-1)45(43-23-11-15-35-13-7-9-21-41(35)43)39-29-25-33(26-30-39)34-27-31-40(32-28-34)46(38-19-5-2-6-20-38)44-24-12-16-36-14-8-10-22-42(36)44/h1-9,11-14,16-21,23-32,35H,10,15,22H2. The third-order valence-electron chi connectivity index (χ3n) is 9.23. The van der Waals surface area contributed by atoms with Crippen molar-refractivity contribution in [2.75, 3.05) is 9.80 Å². The van der Waals surface area contributed by atoms with Gasteiger partial charge in [-0.2, -0.15) is 0 Å². The molecule has 0 spiro atoms. The topological polar surface area (TPSA) is 6.48 Å². The summed E-state index contributed by atoms with van der Waals surface area (Å²) in [6.45, 7) is 0. The molecular weight excluding hydrogens is 556 g/mol.